The molecule has 0 atom stereocenters. The maximum absolute atomic E-state index is 12.6. The Balaban J connectivity index is 2.01. The topological polar surface area (TPSA) is 106 Å². The zero-order valence-corrected chi connectivity index (χ0v) is 15.9. The van der Waals surface area contributed by atoms with Gasteiger partial charge in [0.15, 0.2) is 0 Å². The summed E-state index contributed by atoms with van der Waals surface area (Å²) in [5.41, 5.74) is 2.44. The Morgan fingerprint density at radius 2 is 1.82 bits per heavy atom. The average molecular weight is 396 g/mol. The molecule has 0 fully saturated rings. The van der Waals surface area contributed by atoms with E-state index < -0.39 is 17.8 Å². The summed E-state index contributed by atoms with van der Waals surface area (Å²) in [7, 11) is 1.26. The second kappa shape index (κ2) is 8.01. The Morgan fingerprint density at radius 1 is 1.11 bits per heavy atom. The van der Waals surface area contributed by atoms with E-state index in [9.17, 15) is 19.5 Å². The fraction of sp³-hybridized carbons (Fsp3) is 0.100. The fourth-order valence-corrected chi connectivity index (χ4v) is 3.59. The van der Waals surface area contributed by atoms with Crippen LogP contribution < -0.4 is 5.32 Å². The Kier molecular flexibility index (Phi) is 5.51. The van der Waals surface area contributed by atoms with Crippen molar-refractivity contribution in [2.45, 2.75) is 6.92 Å². The third-order valence-corrected chi connectivity index (χ3v) is 4.96. The van der Waals surface area contributed by atoms with Crippen molar-refractivity contribution in [1.82, 2.24) is 4.98 Å². The minimum absolute atomic E-state index is 0.0522. The van der Waals surface area contributed by atoms with Crippen LogP contribution in [0.5, 0.6) is 0 Å². The van der Waals surface area contributed by atoms with E-state index >= 15 is 0 Å². The number of carboxylic acid groups (broad SMARTS) is 1. The molecule has 3 rings (SSSR count). The van der Waals surface area contributed by atoms with Gasteiger partial charge in [-0.15, -0.1) is 11.3 Å². The number of nitrogens with one attached hydrogen (secondary N) is 1. The number of carbonyl (C=O) groups excluding carboxylic acids is 2. The van der Waals surface area contributed by atoms with Crippen LogP contribution in [0.4, 0.5) is 5.00 Å². The lowest BCUT2D eigenvalue weighted by atomic mass is 10.0. The van der Waals surface area contributed by atoms with E-state index in [4.69, 9.17) is 4.74 Å². The van der Waals surface area contributed by atoms with E-state index in [1.54, 1.807) is 5.38 Å². The molecule has 8 heteroatoms. The Bertz CT molecular complexity index is 1060. The van der Waals surface area contributed by atoms with E-state index in [1.807, 2.05) is 31.2 Å². The number of ether oxygens (including phenoxy) is 1. The molecule has 2 heterocycles. The number of aromatic nitrogens is 1. The van der Waals surface area contributed by atoms with Crippen molar-refractivity contribution in [2.24, 2.45) is 0 Å². The van der Waals surface area contributed by atoms with Gasteiger partial charge in [0, 0.05) is 23.3 Å². The molecule has 0 aliphatic heterocycles. The number of nitrogens with zero attached hydrogens (tertiary/aromatic N) is 1. The molecule has 0 radical (unpaired) electrons. The number of aromatic carboxylic acids is 1. The van der Waals surface area contributed by atoms with Crippen LogP contribution in [-0.2, 0) is 4.74 Å². The Morgan fingerprint density at radius 3 is 2.46 bits per heavy atom. The summed E-state index contributed by atoms with van der Waals surface area (Å²) in [6, 6.07) is 8.90. The summed E-state index contributed by atoms with van der Waals surface area (Å²) < 4.78 is 4.88. The molecule has 0 bridgehead atoms. The van der Waals surface area contributed by atoms with Crippen LogP contribution in [0.1, 0.15) is 36.6 Å². The van der Waals surface area contributed by atoms with Crippen molar-refractivity contribution in [3.8, 4) is 11.1 Å². The molecule has 28 heavy (non-hydrogen) atoms. The van der Waals surface area contributed by atoms with Crippen LogP contribution in [0.2, 0.25) is 0 Å². The molecular weight excluding hydrogens is 380 g/mol. The van der Waals surface area contributed by atoms with Gasteiger partial charge < -0.3 is 15.2 Å². The number of anilines is 1. The van der Waals surface area contributed by atoms with Crippen LogP contribution in [0.15, 0.2) is 48.1 Å². The smallest absolute Gasteiger partial charge is 0.341 e. The quantitative estimate of drug-likeness (QED) is 0.635. The first kappa shape index (κ1) is 19.2. The van der Waals surface area contributed by atoms with E-state index in [2.05, 4.69) is 10.3 Å². The number of pyridine rings is 1. The zero-order chi connectivity index (χ0) is 20.3. The predicted molar refractivity (Wildman–Crippen MR) is 105 cm³/mol. The summed E-state index contributed by atoms with van der Waals surface area (Å²) >= 11 is 1.16. The third-order valence-electron chi connectivity index (χ3n) is 4.07. The highest BCUT2D eigenvalue weighted by molar-refractivity contribution is 7.15. The maximum atomic E-state index is 12.6. The molecule has 7 nitrogen and oxygen atoms in total. The number of aryl methyl sites for hydroxylation is 1. The molecule has 0 unspecified atom stereocenters. The number of amides is 1. The number of rotatable bonds is 5. The van der Waals surface area contributed by atoms with Gasteiger partial charge in [-0.1, -0.05) is 29.8 Å². The van der Waals surface area contributed by atoms with E-state index in [0.29, 0.717) is 5.56 Å². The van der Waals surface area contributed by atoms with Crippen LogP contribution >= 0.6 is 11.3 Å². The monoisotopic (exact) mass is 396 g/mol. The third kappa shape index (κ3) is 3.77. The fourth-order valence-electron chi connectivity index (χ4n) is 2.63. The summed E-state index contributed by atoms with van der Waals surface area (Å²) in [6.45, 7) is 1.96. The first-order valence-electron chi connectivity index (χ1n) is 8.18. The summed E-state index contributed by atoms with van der Waals surface area (Å²) in [5.74, 6) is -2.51. The van der Waals surface area contributed by atoms with Gasteiger partial charge in [0.2, 0.25) is 0 Å². The van der Waals surface area contributed by atoms with Gasteiger partial charge in [0.1, 0.15) is 10.6 Å². The van der Waals surface area contributed by atoms with Gasteiger partial charge in [-0.3, -0.25) is 9.78 Å². The number of hydrogen-bond donors (Lipinski definition) is 2. The molecule has 2 aromatic heterocycles. The van der Waals surface area contributed by atoms with Crippen LogP contribution in [0.3, 0.4) is 0 Å². The lowest BCUT2D eigenvalue weighted by Crippen LogP contribution is -2.17. The average Bonchev–Trinajstić information content (AvgIpc) is 3.11. The SMILES string of the molecule is COC(=O)c1c(-c2ccc(C)cc2)csc1NC(=O)c1ccncc1C(=O)O. The van der Waals surface area contributed by atoms with Gasteiger partial charge >= 0.3 is 11.9 Å². The van der Waals surface area contributed by atoms with Crippen molar-refractivity contribution in [2.75, 3.05) is 12.4 Å². The first-order valence-corrected chi connectivity index (χ1v) is 9.05. The summed E-state index contributed by atoms with van der Waals surface area (Å²) in [5, 5.41) is 13.9. The number of methoxy groups -OCH3 is 1. The second-order valence-electron chi connectivity index (χ2n) is 5.89. The maximum Gasteiger partial charge on any atom is 0.341 e. The Labute approximate surface area is 164 Å². The van der Waals surface area contributed by atoms with Gasteiger partial charge in [-0.25, -0.2) is 9.59 Å². The standard InChI is InChI=1S/C20H16N2O5S/c1-11-3-5-12(6-4-11)15-10-28-18(16(15)20(26)27-2)22-17(23)13-7-8-21-9-14(13)19(24)25/h3-10H,1-2H3,(H,22,23)(H,24,25). The summed E-state index contributed by atoms with van der Waals surface area (Å²) in [6.07, 6.45) is 2.43. The number of esters is 1. The van der Waals surface area contributed by atoms with Gasteiger partial charge in [0.05, 0.1) is 18.2 Å². The molecule has 0 aliphatic rings. The van der Waals surface area contributed by atoms with Crippen molar-refractivity contribution in [3.63, 3.8) is 0 Å². The zero-order valence-electron chi connectivity index (χ0n) is 15.1. The highest BCUT2D eigenvalue weighted by atomic mass is 32.1. The molecule has 0 aliphatic carbocycles. The summed E-state index contributed by atoms with van der Waals surface area (Å²) in [4.78, 5) is 40.1. The lowest BCUT2D eigenvalue weighted by Gasteiger charge is -2.09. The number of thiophene rings is 1. The van der Waals surface area contributed by atoms with Crippen molar-refractivity contribution >= 4 is 34.2 Å². The first-order chi connectivity index (χ1) is 13.4. The molecule has 0 spiro atoms. The number of hydrogen-bond acceptors (Lipinski definition) is 6. The molecule has 0 saturated heterocycles. The van der Waals surface area contributed by atoms with Crippen LogP contribution in [0.25, 0.3) is 11.1 Å². The largest absolute Gasteiger partial charge is 0.478 e. The molecule has 0 saturated carbocycles. The minimum Gasteiger partial charge on any atom is -0.478 e. The van der Waals surface area contributed by atoms with Gasteiger partial charge in [0.25, 0.3) is 5.91 Å². The van der Waals surface area contributed by atoms with Gasteiger partial charge in [-0.05, 0) is 18.6 Å². The normalized spacial score (nSPS) is 10.4. The number of benzene rings is 1. The van der Waals surface area contributed by atoms with Gasteiger partial charge in [-0.2, -0.15) is 0 Å². The van der Waals surface area contributed by atoms with Crippen molar-refractivity contribution in [3.05, 3.63) is 70.4 Å². The number of carboxylic acids is 1. The minimum atomic E-state index is -1.27. The molecule has 1 aromatic carbocycles. The lowest BCUT2D eigenvalue weighted by molar-refractivity contribution is 0.0602. The van der Waals surface area contributed by atoms with E-state index in [1.165, 1.54) is 19.4 Å². The molecule has 1 amide bonds. The molecular formula is C20H16N2O5S. The highest BCUT2D eigenvalue weighted by Gasteiger charge is 2.24. The second-order valence-corrected chi connectivity index (χ2v) is 6.77. The molecule has 3 aromatic rings. The van der Waals surface area contributed by atoms with Crippen molar-refractivity contribution in [1.29, 1.82) is 0 Å². The van der Waals surface area contributed by atoms with Crippen LogP contribution in [-0.4, -0.2) is 35.0 Å². The van der Waals surface area contributed by atoms with Crippen molar-refractivity contribution < 1.29 is 24.2 Å². The Hall–Kier alpha value is -3.52. The predicted octanol–water partition coefficient (Wildman–Crippen LogP) is 3.86. The van der Waals surface area contributed by atoms with E-state index in [-0.39, 0.29) is 21.7 Å². The molecule has 2 N–H and O–H groups in total. The van der Waals surface area contributed by atoms with E-state index in [0.717, 1.165) is 28.7 Å². The molecule has 142 valence electrons. The van der Waals surface area contributed by atoms with Crippen LogP contribution in [0, 0.1) is 6.92 Å². The number of carbonyl (C=O) groups is 3. The highest BCUT2D eigenvalue weighted by Crippen LogP contribution is 2.36.